The molecule has 0 spiro atoms. The van der Waals surface area contributed by atoms with Crippen molar-refractivity contribution < 1.29 is 4.79 Å². The van der Waals surface area contributed by atoms with E-state index in [1.807, 2.05) is 48.5 Å². The largest absolute Gasteiger partial charge is 0.286 e. The fourth-order valence-corrected chi connectivity index (χ4v) is 2.72. The molecule has 0 atom stereocenters. The van der Waals surface area contributed by atoms with Crippen molar-refractivity contribution in [2.45, 2.75) is 0 Å². The molecule has 1 aromatic heterocycles. The number of amides is 1. The Bertz CT molecular complexity index is 740. The molecule has 2 aromatic carbocycles. The minimum absolute atomic E-state index is 0.0913. The molecule has 0 aliphatic rings. The molecule has 4 nitrogen and oxygen atoms in total. The Morgan fingerprint density at radius 2 is 1.57 bits per heavy atom. The van der Waals surface area contributed by atoms with Crippen LogP contribution in [0.3, 0.4) is 0 Å². The van der Waals surface area contributed by atoms with Crippen LogP contribution in [0.2, 0.25) is 0 Å². The highest BCUT2D eigenvalue weighted by atomic mass is 32.1. The third kappa shape index (κ3) is 2.83. The predicted octanol–water partition coefficient (Wildman–Crippen LogP) is 3.48. The second-order valence-electron chi connectivity index (χ2n) is 4.49. The van der Waals surface area contributed by atoms with Crippen LogP contribution in [0.25, 0.3) is 10.6 Å². The summed E-state index contributed by atoms with van der Waals surface area (Å²) in [6.45, 7) is 0. The molecule has 0 saturated carbocycles. The Balaban J connectivity index is 1.85. The van der Waals surface area contributed by atoms with Gasteiger partial charge in [-0.2, -0.15) is 0 Å². The predicted molar refractivity (Wildman–Crippen MR) is 84.5 cm³/mol. The van der Waals surface area contributed by atoms with Gasteiger partial charge < -0.3 is 0 Å². The molecule has 5 heteroatoms. The molecule has 0 N–H and O–H groups in total. The Labute approximate surface area is 126 Å². The van der Waals surface area contributed by atoms with Crippen LogP contribution in [0.15, 0.2) is 60.7 Å². The normalized spacial score (nSPS) is 10.3. The van der Waals surface area contributed by atoms with Crippen LogP contribution < -0.4 is 4.90 Å². The van der Waals surface area contributed by atoms with Crippen LogP contribution in [0.5, 0.6) is 0 Å². The van der Waals surface area contributed by atoms with Gasteiger partial charge in [0.15, 0.2) is 0 Å². The molecule has 1 heterocycles. The van der Waals surface area contributed by atoms with Crippen molar-refractivity contribution in [3.8, 4) is 10.6 Å². The first-order valence-corrected chi connectivity index (χ1v) is 7.29. The maximum atomic E-state index is 12.4. The van der Waals surface area contributed by atoms with Gasteiger partial charge in [-0.1, -0.05) is 59.9 Å². The van der Waals surface area contributed by atoms with E-state index in [0.29, 0.717) is 10.7 Å². The molecule has 0 fully saturated rings. The highest BCUT2D eigenvalue weighted by Crippen LogP contribution is 2.28. The minimum Gasteiger partial charge on any atom is -0.286 e. The summed E-state index contributed by atoms with van der Waals surface area (Å²) in [6.07, 6.45) is 0. The lowest BCUT2D eigenvalue weighted by molar-refractivity contribution is 0.0993. The summed E-state index contributed by atoms with van der Waals surface area (Å²) in [4.78, 5) is 13.9. The van der Waals surface area contributed by atoms with Crippen molar-refractivity contribution in [2.75, 3.05) is 11.9 Å². The lowest BCUT2D eigenvalue weighted by Crippen LogP contribution is -2.25. The van der Waals surface area contributed by atoms with E-state index in [1.54, 1.807) is 19.2 Å². The van der Waals surface area contributed by atoms with E-state index in [0.717, 1.165) is 10.6 Å². The van der Waals surface area contributed by atoms with E-state index >= 15 is 0 Å². The van der Waals surface area contributed by atoms with Crippen LogP contribution in [0.1, 0.15) is 10.4 Å². The molecular weight excluding hydrogens is 282 g/mol. The number of benzene rings is 2. The maximum Gasteiger partial charge on any atom is 0.259 e. The Morgan fingerprint density at radius 3 is 2.24 bits per heavy atom. The third-order valence-corrected chi connectivity index (χ3v) is 4.10. The smallest absolute Gasteiger partial charge is 0.259 e. The SMILES string of the molecule is CN(C(=O)c1ccccc1)c1nnc(-c2ccccc2)s1. The number of carbonyl (C=O) groups excluding carboxylic acids is 1. The van der Waals surface area contributed by atoms with E-state index in [9.17, 15) is 4.79 Å². The summed E-state index contributed by atoms with van der Waals surface area (Å²) in [5, 5.41) is 9.66. The molecule has 0 aliphatic heterocycles. The standard InChI is InChI=1S/C16H13N3OS/c1-19(15(20)13-10-6-3-7-11-13)16-18-17-14(21-16)12-8-4-2-5-9-12/h2-11H,1H3. The molecule has 1 amide bonds. The third-order valence-electron chi connectivity index (χ3n) is 3.05. The fourth-order valence-electron chi connectivity index (χ4n) is 1.91. The Morgan fingerprint density at radius 1 is 0.952 bits per heavy atom. The zero-order chi connectivity index (χ0) is 14.7. The second kappa shape index (κ2) is 5.85. The molecule has 3 rings (SSSR count). The zero-order valence-electron chi connectivity index (χ0n) is 11.4. The molecule has 21 heavy (non-hydrogen) atoms. The lowest BCUT2D eigenvalue weighted by Gasteiger charge is -2.12. The topological polar surface area (TPSA) is 46.1 Å². The first-order valence-electron chi connectivity index (χ1n) is 6.48. The van der Waals surface area contributed by atoms with Gasteiger partial charge >= 0.3 is 0 Å². The molecule has 0 unspecified atom stereocenters. The second-order valence-corrected chi connectivity index (χ2v) is 5.44. The van der Waals surface area contributed by atoms with E-state index in [4.69, 9.17) is 0 Å². The summed E-state index contributed by atoms with van der Waals surface area (Å²) in [5.74, 6) is -0.0913. The number of hydrogen-bond donors (Lipinski definition) is 0. The van der Waals surface area contributed by atoms with Gasteiger partial charge in [0.05, 0.1) is 0 Å². The van der Waals surface area contributed by atoms with Crippen molar-refractivity contribution in [1.82, 2.24) is 10.2 Å². The fraction of sp³-hybridized carbons (Fsp3) is 0.0625. The number of nitrogens with zero attached hydrogens (tertiary/aromatic N) is 3. The summed E-state index contributed by atoms with van der Waals surface area (Å²) in [5.41, 5.74) is 1.64. The number of rotatable bonds is 3. The van der Waals surface area contributed by atoms with Gasteiger partial charge in [0, 0.05) is 18.2 Å². The van der Waals surface area contributed by atoms with Crippen molar-refractivity contribution in [2.24, 2.45) is 0 Å². The molecule has 0 bridgehead atoms. The number of hydrogen-bond acceptors (Lipinski definition) is 4. The van der Waals surface area contributed by atoms with Gasteiger partial charge in [-0.25, -0.2) is 0 Å². The van der Waals surface area contributed by atoms with Crippen molar-refractivity contribution in [3.05, 3.63) is 66.2 Å². The number of anilines is 1. The molecule has 0 saturated heterocycles. The highest BCUT2D eigenvalue weighted by Gasteiger charge is 2.17. The average molecular weight is 295 g/mol. The molecule has 3 aromatic rings. The van der Waals surface area contributed by atoms with Crippen LogP contribution >= 0.6 is 11.3 Å². The molecular formula is C16H13N3OS. The van der Waals surface area contributed by atoms with Gasteiger partial charge in [-0.15, -0.1) is 10.2 Å². The van der Waals surface area contributed by atoms with Crippen LogP contribution in [-0.2, 0) is 0 Å². The minimum atomic E-state index is -0.0913. The molecule has 0 radical (unpaired) electrons. The van der Waals surface area contributed by atoms with Gasteiger partial charge in [0.25, 0.3) is 5.91 Å². The van der Waals surface area contributed by atoms with Crippen LogP contribution in [-0.4, -0.2) is 23.2 Å². The maximum absolute atomic E-state index is 12.4. The Kier molecular flexibility index (Phi) is 3.75. The van der Waals surface area contributed by atoms with Crippen LogP contribution in [0.4, 0.5) is 5.13 Å². The summed E-state index contributed by atoms with van der Waals surface area (Å²) in [7, 11) is 1.71. The van der Waals surface area contributed by atoms with E-state index in [-0.39, 0.29) is 5.91 Å². The molecule has 0 aliphatic carbocycles. The van der Waals surface area contributed by atoms with Gasteiger partial charge in [-0.3, -0.25) is 9.69 Å². The highest BCUT2D eigenvalue weighted by molar-refractivity contribution is 7.18. The monoisotopic (exact) mass is 295 g/mol. The quantitative estimate of drug-likeness (QED) is 0.743. The number of aromatic nitrogens is 2. The van der Waals surface area contributed by atoms with E-state index in [1.165, 1.54) is 16.2 Å². The first-order chi connectivity index (χ1) is 10.3. The van der Waals surface area contributed by atoms with E-state index < -0.39 is 0 Å². The lowest BCUT2D eigenvalue weighted by atomic mass is 10.2. The summed E-state index contributed by atoms with van der Waals surface area (Å²) >= 11 is 1.40. The summed E-state index contributed by atoms with van der Waals surface area (Å²) in [6, 6.07) is 19.0. The van der Waals surface area contributed by atoms with Gasteiger partial charge in [0.1, 0.15) is 5.01 Å². The van der Waals surface area contributed by atoms with E-state index in [2.05, 4.69) is 10.2 Å². The average Bonchev–Trinajstić information content (AvgIpc) is 3.05. The number of carbonyl (C=O) groups is 1. The van der Waals surface area contributed by atoms with Crippen molar-refractivity contribution >= 4 is 22.4 Å². The van der Waals surface area contributed by atoms with Crippen LogP contribution in [0, 0.1) is 0 Å². The van der Waals surface area contributed by atoms with Crippen molar-refractivity contribution in [3.63, 3.8) is 0 Å². The van der Waals surface area contributed by atoms with Gasteiger partial charge in [0.2, 0.25) is 5.13 Å². The zero-order valence-corrected chi connectivity index (χ0v) is 12.2. The Hall–Kier alpha value is -2.53. The van der Waals surface area contributed by atoms with Gasteiger partial charge in [-0.05, 0) is 12.1 Å². The molecule has 104 valence electrons. The van der Waals surface area contributed by atoms with Crippen molar-refractivity contribution in [1.29, 1.82) is 0 Å². The summed E-state index contributed by atoms with van der Waals surface area (Å²) < 4.78 is 0. The first kappa shape index (κ1) is 13.5.